The molecular formula is C19H18F3N3O4. The topological polar surface area (TPSA) is 108 Å². The predicted molar refractivity (Wildman–Crippen MR) is 97.1 cm³/mol. The number of alkyl halides is 3. The fraction of sp³-hybridized carbons (Fsp3) is 0.211. The summed E-state index contributed by atoms with van der Waals surface area (Å²) in [6, 6.07) is 8.85. The number of carbonyl (C=O) groups is 3. The molecule has 0 bridgehead atoms. The van der Waals surface area contributed by atoms with Crippen LogP contribution in [0.3, 0.4) is 0 Å². The molecule has 0 heterocycles. The molecule has 2 aromatic carbocycles. The monoisotopic (exact) mass is 409 g/mol. The molecular weight excluding hydrogens is 391 g/mol. The molecule has 4 N–H and O–H groups in total. The second kappa shape index (κ2) is 9.20. The lowest BCUT2D eigenvalue weighted by atomic mass is 10.0. The van der Waals surface area contributed by atoms with Crippen LogP contribution in [0.25, 0.3) is 0 Å². The fourth-order valence-corrected chi connectivity index (χ4v) is 2.52. The zero-order chi connectivity index (χ0) is 21.6. The number of anilines is 1. The van der Waals surface area contributed by atoms with Crippen molar-refractivity contribution in [3.8, 4) is 0 Å². The molecule has 3 amide bonds. The first-order valence-electron chi connectivity index (χ1n) is 8.38. The summed E-state index contributed by atoms with van der Waals surface area (Å²) in [5.41, 5.74) is 1.59. The minimum atomic E-state index is -4.47. The molecule has 2 rings (SSSR count). The molecule has 1 atom stereocenters. The van der Waals surface area contributed by atoms with Crippen molar-refractivity contribution in [1.29, 1.82) is 0 Å². The average molecular weight is 409 g/mol. The third-order valence-electron chi connectivity index (χ3n) is 3.93. The third-order valence-corrected chi connectivity index (χ3v) is 3.93. The molecule has 0 aromatic heterocycles. The molecule has 0 radical (unpaired) electrons. The average Bonchev–Trinajstić information content (AvgIpc) is 2.66. The summed E-state index contributed by atoms with van der Waals surface area (Å²) in [6.45, 7) is 1.22. The van der Waals surface area contributed by atoms with E-state index in [-0.39, 0.29) is 12.0 Å². The maximum Gasteiger partial charge on any atom is 0.416 e. The Hall–Kier alpha value is -3.40. The maximum atomic E-state index is 12.7. The number of nitrogens with one attached hydrogen (secondary N) is 3. The maximum absolute atomic E-state index is 12.7. The molecule has 154 valence electrons. The van der Waals surface area contributed by atoms with Crippen molar-refractivity contribution < 1.29 is 32.8 Å². The van der Waals surface area contributed by atoms with E-state index in [1.54, 1.807) is 0 Å². The van der Waals surface area contributed by atoms with E-state index < -0.39 is 35.5 Å². The lowest BCUT2D eigenvalue weighted by molar-refractivity contribution is -0.137. The highest BCUT2D eigenvalue weighted by Gasteiger charge is 2.30. The first kappa shape index (κ1) is 21.9. The van der Waals surface area contributed by atoms with Crippen molar-refractivity contribution in [3.05, 3.63) is 65.2 Å². The van der Waals surface area contributed by atoms with Gasteiger partial charge in [0.2, 0.25) is 11.8 Å². The Bertz CT molecular complexity index is 881. The first-order valence-corrected chi connectivity index (χ1v) is 8.38. The summed E-state index contributed by atoms with van der Waals surface area (Å²) in [6.07, 6.45) is -4.49. The van der Waals surface area contributed by atoms with Crippen LogP contribution in [0, 0.1) is 0 Å². The van der Waals surface area contributed by atoms with Crippen LogP contribution in [-0.2, 0) is 22.2 Å². The van der Waals surface area contributed by atoms with Crippen molar-refractivity contribution in [2.24, 2.45) is 0 Å². The Labute approximate surface area is 163 Å². The van der Waals surface area contributed by atoms with Crippen molar-refractivity contribution >= 4 is 23.4 Å². The number of carbonyl (C=O) groups excluding carboxylic acids is 3. The molecule has 0 aliphatic carbocycles. The molecule has 10 heteroatoms. The van der Waals surface area contributed by atoms with Gasteiger partial charge in [-0.1, -0.05) is 12.1 Å². The van der Waals surface area contributed by atoms with Crippen molar-refractivity contribution in [2.75, 3.05) is 5.32 Å². The van der Waals surface area contributed by atoms with E-state index in [1.807, 2.05) is 0 Å². The number of rotatable bonds is 6. The summed E-state index contributed by atoms with van der Waals surface area (Å²) in [4.78, 5) is 35.3. The van der Waals surface area contributed by atoms with Gasteiger partial charge in [0, 0.05) is 24.6 Å². The minimum absolute atomic E-state index is 0.0193. The molecule has 29 heavy (non-hydrogen) atoms. The van der Waals surface area contributed by atoms with E-state index in [2.05, 4.69) is 10.6 Å². The van der Waals surface area contributed by atoms with Gasteiger partial charge < -0.3 is 10.6 Å². The highest BCUT2D eigenvalue weighted by Crippen LogP contribution is 2.29. The van der Waals surface area contributed by atoms with E-state index in [0.29, 0.717) is 11.3 Å². The SMILES string of the molecule is CC(=O)N[C@@H](Cc1ccc(C(F)(F)F)cc1)C(=O)Nc1ccc(C(=O)NO)cc1. The summed E-state index contributed by atoms with van der Waals surface area (Å²) in [5, 5.41) is 13.6. The van der Waals surface area contributed by atoms with Crippen LogP contribution in [0.4, 0.5) is 18.9 Å². The van der Waals surface area contributed by atoms with Gasteiger partial charge in [-0.25, -0.2) is 5.48 Å². The van der Waals surface area contributed by atoms with Crippen LogP contribution in [-0.4, -0.2) is 29.0 Å². The molecule has 2 aromatic rings. The van der Waals surface area contributed by atoms with Crippen molar-refractivity contribution in [3.63, 3.8) is 0 Å². The summed E-state index contributed by atoms with van der Waals surface area (Å²) in [5.74, 6) is -1.78. The molecule has 0 spiro atoms. The van der Waals surface area contributed by atoms with E-state index >= 15 is 0 Å². The summed E-state index contributed by atoms with van der Waals surface area (Å²) >= 11 is 0. The van der Waals surface area contributed by atoms with E-state index in [4.69, 9.17) is 5.21 Å². The predicted octanol–water partition coefficient (Wildman–Crippen LogP) is 2.51. The number of benzene rings is 2. The molecule has 0 aliphatic rings. The Morgan fingerprint density at radius 3 is 2.07 bits per heavy atom. The number of amides is 3. The molecule has 0 fully saturated rings. The van der Waals surface area contributed by atoms with E-state index in [9.17, 15) is 27.6 Å². The van der Waals surface area contributed by atoms with Gasteiger partial charge in [-0.15, -0.1) is 0 Å². The number of hydroxylamine groups is 1. The largest absolute Gasteiger partial charge is 0.416 e. The third kappa shape index (κ3) is 6.32. The van der Waals surface area contributed by atoms with Crippen LogP contribution >= 0.6 is 0 Å². The first-order chi connectivity index (χ1) is 13.6. The molecule has 0 aliphatic heterocycles. The molecule has 0 saturated heterocycles. The highest BCUT2D eigenvalue weighted by molar-refractivity contribution is 5.98. The van der Waals surface area contributed by atoms with Gasteiger partial charge in [0.1, 0.15) is 6.04 Å². The Kier molecular flexibility index (Phi) is 6.94. The quantitative estimate of drug-likeness (QED) is 0.434. The van der Waals surface area contributed by atoms with E-state index in [0.717, 1.165) is 12.1 Å². The molecule has 0 saturated carbocycles. The lowest BCUT2D eigenvalue weighted by Crippen LogP contribution is -2.44. The second-order valence-electron chi connectivity index (χ2n) is 6.16. The van der Waals surface area contributed by atoms with Crippen LogP contribution in [0.15, 0.2) is 48.5 Å². The van der Waals surface area contributed by atoms with Gasteiger partial charge in [0.25, 0.3) is 5.91 Å². The minimum Gasteiger partial charge on any atom is -0.344 e. The normalized spacial score (nSPS) is 12.0. The fourth-order valence-electron chi connectivity index (χ4n) is 2.52. The van der Waals surface area contributed by atoms with Gasteiger partial charge in [0.05, 0.1) is 5.56 Å². The molecule has 0 unspecified atom stereocenters. The number of hydrogen-bond donors (Lipinski definition) is 4. The van der Waals surface area contributed by atoms with Crippen LogP contribution < -0.4 is 16.1 Å². The summed E-state index contributed by atoms with van der Waals surface area (Å²) < 4.78 is 38.0. The van der Waals surface area contributed by atoms with Crippen LogP contribution in [0.5, 0.6) is 0 Å². The Morgan fingerprint density at radius 1 is 1.00 bits per heavy atom. The summed E-state index contributed by atoms with van der Waals surface area (Å²) in [7, 11) is 0. The van der Waals surface area contributed by atoms with Crippen molar-refractivity contribution in [1.82, 2.24) is 10.8 Å². The zero-order valence-electron chi connectivity index (χ0n) is 15.2. The van der Waals surface area contributed by atoms with Crippen LogP contribution in [0.1, 0.15) is 28.4 Å². The van der Waals surface area contributed by atoms with Crippen LogP contribution in [0.2, 0.25) is 0 Å². The zero-order valence-corrected chi connectivity index (χ0v) is 15.2. The van der Waals surface area contributed by atoms with Crippen molar-refractivity contribution in [2.45, 2.75) is 25.6 Å². The highest BCUT2D eigenvalue weighted by atomic mass is 19.4. The standard InChI is InChI=1S/C19H18F3N3O4/c1-11(26)23-16(10-12-2-6-14(7-3-12)19(20,21)22)18(28)24-15-8-4-13(5-9-15)17(27)25-29/h2-9,16,29H,10H2,1H3,(H,23,26)(H,24,28)(H,25,27)/t16-/m0/s1. The molecule has 7 nitrogen and oxygen atoms in total. The second-order valence-corrected chi connectivity index (χ2v) is 6.16. The lowest BCUT2D eigenvalue weighted by Gasteiger charge is -2.18. The van der Waals surface area contributed by atoms with Gasteiger partial charge in [-0.3, -0.25) is 19.6 Å². The number of hydrogen-bond acceptors (Lipinski definition) is 4. The van der Waals surface area contributed by atoms with E-state index in [1.165, 1.54) is 48.8 Å². The number of halogens is 3. The van der Waals surface area contributed by atoms with Gasteiger partial charge in [-0.2, -0.15) is 13.2 Å². The van der Waals surface area contributed by atoms with Gasteiger partial charge >= 0.3 is 6.18 Å². The van der Waals surface area contributed by atoms with Gasteiger partial charge in [-0.05, 0) is 42.0 Å². The smallest absolute Gasteiger partial charge is 0.344 e. The Morgan fingerprint density at radius 2 is 1.59 bits per heavy atom. The Balaban J connectivity index is 2.11. The van der Waals surface area contributed by atoms with Gasteiger partial charge in [0.15, 0.2) is 0 Å².